The van der Waals surface area contributed by atoms with Crippen molar-refractivity contribution >= 4 is 17.0 Å². The summed E-state index contributed by atoms with van der Waals surface area (Å²) in [5, 5.41) is 3.98. The van der Waals surface area contributed by atoms with Crippen molar-refractivity contribution in [1.29, 1.82) is 0 Å². The van der Waals surface area contributed by atoms with E-state index >= 15 is 0 Å². The Kier molecular flexibility index (Phi) is 6.62. The fourth-order valence-electron chi connectivity index (χ4n) is 4.44. The number of aromatic nitrogens is 2. The van der Waals surface area contributed by atoms with Crippen molar-refractivity contribution in [2.45, 2.75) is 32.0 Å². The summed E-state index contributed by atoms with van der Waals surface area (Å²) < 4.78 is 18.3. The first-order valence-electron chi connectivity index (χ1n) is 11.6. The molecule has 3 aromatic rings. The van der Waals surface area contributed by atoms with E-state index in [4.69, 9.17) is 14.2 Å². The second kappa shape index (κ2) is 10.1. The van der Waals surface area contributed by atoms with Crippen LogP contribution in [0.25, 0.3) is 10.9 Å². The van der Waals surface area contributed by atoms with Crippen molar-refractivity contribution in [3.8, 4) is 11.5 Å². The van der Waals surface area contributed by atoms with Gasteiger partial charge >= 0.3 is 6.09 Å². The van der Waals surface area contributed by atoms with E-state index in [9.17, 15) is 9.59 Å². The molecule has 1 aromatic carbocycles. The Morgan fingerprint density at radius 2 is 1.88 bits per heavy atom. The van der Waals surface area contributed by atoms with Gasteiger partial charge in [-0.25, -0.2) is 4.79 Å². The summed E-state index contributed by atoms with van der Waals surface area (Å²) in [4.78, 5) is 31.1. The fraction of sp³-hybridized carbons (Fsp3) is 0.400. The number of likely N-dealkylation sites (tertiary alicyclic amines) is 1. The molecule has 0 radical (unpaired) electrons. The molecule has 0 atom stereocenters. The molecule has 0 spiro atoms. The van der Waals surface area contributed by atoms with Crippen LogP contribution in [-0.2, 0) is 17.9 Å². The molecule has 9 heteroatoms. The molecule has 9 nitrogen and oxygen atoms in total. The second-order valence-electron chi connectivity index (χ2n) is 8.57. The number of piperidine rings is 1. The molecule has 34 heavy (non-hydrogen) atoms. The van der Waals surface area contributed by atoms with Gasteiger partial charge in [0.25, 0.3) is 5.56 Å². The first kappa shape index (κ1) is 22.2. The predicted molar refractivity (Wildman–Crippen MR) is 126 cm³/mol. The maximum atomic E-state index is 12.4. The van der Waals surface area contributed by atoms with Crippen molar-refractivity contribution in [1.82, 2.24) is 19.8 Å². The number of hydrogen-bond donors (Lipinski definition) is 1. The first-order chi connectivity index (χ1) is 16.7. The number of nitrogens with zero attached hydrogens (tertiary/aromatic N) is 3. The van der Waals surface area contributed by atoms with Crippen molar-refractivity contribution in [3.63, 3.8) is 0 Å². The summed E-state index contributed by atoms with van der Waals surface area (Å²) in [5.41, 5.74) is 1.69. The van der Waals surface area contributed by atoms with E-state index in [1.807, 2.05) is 30.3 Å². The standard InChI is InChI=1S/C25H28N4O5/c30-24-4-2-19-5-8-26-16-21(19)29(24)12-11-28-9-6-20(7-10-28)27-25(31)34-17-18-1-3-22-23(15-18)33-14-13-32-22/h1-5,8,15-16,20H,6-7,9-14,17H2,(H,27,31). The van der Waals surface area contributed by atoms with Crippen LogP contribution in [0.15, 0.2) is 53.6 Å². The number of ether oxygens (including phenoxy) is 3. The van der Waals surface area contributed by atoms with Crippen molar-refractivity contribution in [2.24, 2.45) is 0 Å². The molecule has 0 unspecified atom stereocenters. The molecular formula is C25H28N4O5. The van der Waals surface area contributed by atoms with Crippen LogP contribution in [0.1, 0.15) is 18.4 Å². The Bertz CT molecular complexity index is 1220. The number of rotatable bonds is 6. The van der Waals surface area contributed by atoms with Gasteiger partial charge in [0.05, 0.1) is 11.7 Å². The number of amides is 1. The Balaban J connectivity index is 1.06. The Morgan fingerprint density at radius 3 is 2.74 bits per heavy atom. The van der Waals surface area contributed by atoms with Crippen LogP contribution in [-0.4, -0.2) is 59.4 Å². The summed E-state index contributed by atoms with van der Waals surface area (Å²) in [6, 6.07) is 11.0. The predicted octanol–water partition coefficient (Wildman–Crippen LogP) is 2.56. The van der Waals surface area contributed by atoms with E-state index in [2.05, 4.69) is 15.2 Å². The highest BCUT2D eigenvalue weighted by Crippen LogP contribution is 2.30. The normalized spacial score (nSPS) is 16.4. The third-order valence-electron chi connectivity index (χ3n) is 6.32. The number of carbonyl (C=O) groups is 1. The number of pyridine rings is 2. The van der Waals surface area contributed by atoms with Gasteiger partial charge in [0, 0.05) is 49.9 Å². The van der Waals surface area contributed by atoms with Crippen LogP contribution in [0.2, 0.25) is 0 Å². The molecule has 5 rings (SSSR count). The minimum atomic E-state index is -0.414. The van der Waals surface area contributed by atoms with Gasteiger partial charge in [-0.2, -0.15) is 0 Å². The molecule has 1 fully saturated rings. The van der Waals surface area contributed by atoms with Gasteiger partial charge in [0.1, 0.15) is 19.8 Å². The number of nitrogens with one attached hydrogen (secondary N) is 1. The van der Waals surface area contributed by atoms with Crippen molar-refractivity contribution in [2.75, 3.05) is 32.8 Å². The Morgan fingerprint density at radius 1 is 1.06 bits per heavy atom. The largest absolute Gasteiger partial charge is 0.486 e. The zero-order valence-electron chi connectivity index (χ0n) is 18.9. The number of carbonyl (C=O) groups excluding carboxylic acids is 1. The lowest BCUT2D eigenvalue weighted by atomic mass is 10.1. The number of hydrogen-bond acceptors (Lipinski definition) is 7. The highest BCUT2D eigenvalue weighted by Gasteiger charge is 2.21. The minimum absolute atomic E-state index is 0.0159. The van der Waals surface area contributed by atoms with Crippen LogP contribution in [0.4, 0.5) is 4.79 Å². The van der Waals surface area contributed by atoms with Gasteiger partial charge in [-0.3, -0.25) is 9.78 Å². The van der Waals surface area contributed by atoms with Crippen LogP contribution in [0.3, 0.4) is 0 Å². The van der Waals surface area contributed by atoms with Crippen LogP contribution < -0.4 is 20.3 Å². The number of alkyl carbamates (subject to hydrolysis) is 1. The highest BCUT2D eigenvalue weighted by molar-refractivity contribution is 5.77. The molecule has 1 amide bonds. The lowest BCUT2D eigenvalue weighted by molar-refractivity contribution is 0.125. The van der Waals surface area contributed by atoms with E-state index in [0.29, 0.717) is 31.3 Å². The maximum absolute atomic E-state index is 12.4. The second-order valence-corrected chi connectivity index (χ2v) is 8.57. The average Bonchev–Trinajstić information content (AvgIpc) is 2.87. The van der Waals surface area contributed by atoms with Gasteiger partial charge in [-0.1, -0.05) is 6.07 Å². The van der Waals surface area contributed by atoms with Gasteiger partial charge in [-0.15, -0.1) is 0 Å². The van der Waals surface area contributed by atoms with Crippen molar-refractivity contribution in [3.05, 3.63) is 64.7 Å². The third-order valence-corrected chi connectivity index (χ3v) is 6.32. The zero-order valence-corrected chi connectivity index (χ0v) is 18.9. The fourth-order valence-corrected chi connectivity index (χ4v) is 4.44. The smallest absolute Gasteiger partial charge is 0.407 e. The van der Waals surface area contributed by atoms with Crippen LogP contribution in [0, 0.1) is 0 Å². The van der Waals surface area contributed by atoms with E-state index in [-0.39, 0.29) is 18.2 Å². The molecule has 2 aromatic heterocycles. The lowest BCUT2D eigenvalue weighted by Gasteiger charge is -2.32. The number of fused-ring (bicyclic) bond motifs is 2. The van der Waals surface area contributed by atoms with E-state index in [1.165, 1.54) is 0 Å². The quantitative estimate of drug-likeness (QED) is 0.599. The zero-order chi connectivity index (χ0) is 23.3. The van der Waals surface area contributed by atoms with Gasteiger partial charge in [0.15, 0.2) is 11.5 Å². The lowest BCUT2D eigenvalue weighted by Crippen LogP contribution is -2.45. The SMILES string of the molecule is O=C(NC1CCN(CCn2c(=O)ccc3ccncc32)CC1)OCc1ccc2c(c1)OCCO2. The first-order valence-corrected chi connectivity index (χ1v) is 11.6. The van der Waals surface area contributed by atoms with Gasteiger partial charge < -0.3 is 29.0 Å². The summed E-state index contributed by atoms with van der Waals surface area (Å²) >= 11 is 0. The van der Waals surface area contributed by atoms with Crippen LogP contribution in [0.5, 0.6) is 11.5 Å². The molecule has 2 aliphatic rings. The summed E-state index contributed by atoms with van der Waals surface area (Å²) in [7, 11) is 0. The minimum Gasteiger partial charge on any atom is -0.486 e. The third kappa shape index (κ3) is 5.14. The monoisotopic (exact) mass is 464 g/mol. The van der Waals surface area contributed by atoms with Gasteiger partial charge in [0.2, 0.25) is 0 Å². The van der Waals surface area contributed by atoms with E-state index in [1.54, 1.807) is 23.0 Å². The molecule has 1 N–H and O–H groups in total. The summed E-state index contributed by atoms with van der Waals surface area (Å²) in [5.74, 6) is 1.40. The topological polar surface area (TPSA) is 94.9 Å². The van der Waals surface area contributed by atoms with E-state index < -0.39 is 6.09 Å². The Labute approximate surface area is 197 Å². The van der Waals surface area contributed by atoms with Crippen LogP contribution >= 0.6 is 0 Å². The molecule has 4 heterocycles. The molecular weight excluding hydrogens is 436 g/mol. The molecule has 2 aliphatic heterocycles. The van der Waals surface area contributed by atoms with Gasteiger partial charge in [-0.05, 0) is 42.7 Å². The Hall–Kier alpha value is -3.59. The summed E-state index contributed by atoms with van der Waals surface area (Å²) in [6.07, 6.45) is 4.73. The number of benzene rings is 1. The molecule has 178 valence electrons. The summed E-state index contributed by atoms with van der Waals surface area (Å²) in [6.45, 7) is 4.33. The molecule has 0 saturated carbocycles. The average molecular weight is 465 g/mol. The molecule has 0 bridgehead atoms. The maximum Gasteiger partial charge on any atom is 0.407 e. The molecule has 1 saturated heterocycles. The van der Waals surface area contributed by atoms with E-state index in [0.717, 1.165) is 48.9 Å². The molecule has 0 aliphatic carbocycles. The highest BCUT2D eigenvalue weighted by atomic mass is 16.6. The van der Waals surface area contributed by atoms with Crippen molar-refractivity contribution < 1.29 is 19.0 Å².